The van der Waals surface area contributed by atoms with E-state index in [4.69, 9.17) is 9.97 Å². The van der Waals surface area contributed by atoms with Crippen LogP contribution in [0.25, 0.3) is 65.9 Å². The first-order chi connectivity index (χ1) is 30.8. The van der Waals surface area contributed by atoms with Gasteiger partial charge >= 0.3 is 0 Å². The minimum absolute atomic E-state index is 0.0141. The van der Waals surface area contributed by atoms with Gasteiger partial charge in [0.25, 0.3) is 0 Å². The van der Waals surface area contributed by atoms with Crippen LogP contribution in [0.3, 0.4) is 0 Å². The minimum atomic E-state index is -0.0141. The molecule has 6 heterocycles. The predicted octanol–water partition coefficient (Wildman–Crippen LogP) is 9.65. The number of benzene rings is 9. The Morgan fingerprint density at radius 3 is 1.23 bits per heavy atom. The average Bonchev–Trinajstić information content (AvgIpc) is 3.34. The summed E-state index contributed by atoms with van der Waals surface area (Å²) in [5.74, 6) is 0. The van der Waals surface area contributed by atoms with E-state index in [0.29, 0.717) is 0 Å². The number of pyridine rings is 2. The molecule has 62 heavy (non-hydrogen) atoms. The normalized spacial score (nSPS) is 13.7. The van der Waals surface area contributed by atoms with Crippen molar-refractivity contribution in [2.75, 3.05) is 9.80 Å². The number of fused-ring (bicyclic) bond motifs is 14. The van der Waals surface area contributed by atoms with E-state index in [1.165, 1.54) is 99.0 Å². The van der Waals surface area contributed by atoms with E-state index in [0.717, 1.165) is 33.8 Å². The summed E-state index contributed by atoms with van der Waals surface area (Å²) in [5, 5.41) is 7.38. The minimum Gasteiger partial charge on any atom is -0.311 e. The van der Waals surface area contributed by atoms with E-state index in [2.05, 4.69) is 204 Å². The van der Waals surface area contributed by atoms with Crippen molar-refractivity contribution in [1.82, 2.24) is 9.97 Å². The number of hydrogen-bond donors (Lipinski definition) is 0. The third-order valence-corrected chi connectivity index (χ3v) is 14.2. The zero-order valence-corrected chi connectivity index (χ0v) is 33.4. The van der Waals surface area contributed by atoms with Crippen molar-refractivity contribution in [3.63, 3.8) is 0 Å². The topological polar surface area (TPSA) is 32.3 Å². The Bertz CT molecular complexity index is 3550. The van der Waals surface area contributed by atoms with Crippen molar-refractivity contribution in [3.05, 3.63) is 194 Å². The molecule has 0 unspecified atom stereocenters. The highest BCUT2D eigenvalue weighted by Crippen LogP contribution is 2.47. The van der Waals surface area contributed by atoms with Gasteiger partial charge in [0.2, 0.25) is 13.4 Å². The van der Waals surface area contributed by atoms with E-state index >= 15 is 0 Å². The van der Waals surface area contributed by atoms with Gasteiger partial charge in [0.15, 0.2) is 0 Å². The van der Waals surface area contributed by atoms with Crippen molar-refractivity contribution in [2.24, 2.45) is 0 Å². The monoisotopic (exact) mass is 782 g/mol. The molecule has 9 aromatic carbocycles. The number of rotatable bonds is 2. The van der Waals surface area contributed by atoms with Crippen LogP contribution in [-0.4, -0.2) is 23.4 Å². The van der Waals surface area contributed by atoms with E-state index in [-0.39, 0.29) is 13.4 Å². The highest BCUT2D eigenvalue weighted by Gasteiger charge is 2.46. The first kappa shape index (κ1) is 32.8. The van der Waals surface area contributed by atoms with Crippen LogP contribution in [-0.2, 0) is 0 Å². The van der Waals surface area contributed by atoms with Crippen LogP contribution in [0.5, 0.6) is 0 Å². The fraction of sp³-hybridized carbons (Fsp3) is 0. The van der Waals surface area contributed by atoms with Gasteiger partial charge in [0, 0.05) is 55.7 Å². The largest absolute Gasteiger partial charge is 0.311 e. The second kappa shape index (κ2) is 11.9. The SMILES string of the molecule is c1ccc(N2c3cc4c(cc3B3c5ccccc5-c5nc6ccccc6c6ccc2c3c56)B2c3ccccc3-c3nc5ccccc5c5ccc(c2c35)N4c2ccccc2)cc1. The molecule has 2 aromatic heterocycles. The van der Waals surface area contributed by atoms with Crippen LogP contribution in [0.2, 0.25) is 0 Å². The lowest BCUT2D eigenvalue weighted by Crippen LogP contribution is -2.63. The first-order valence-corrected chi connectivity index (χ1v) is 21.6. The van der Waals surface area contributed by atoms with Crippen molar-refractivity contribution < 1.29 is 0 Å². The Morgan fingerprint density at radius 2 is 0.742 bits per heavy atom. The molecule has 0 aliphatic carbocycles. The van der Waals surface area contributed by atoms with E-state index < -0.39 is 0 Å². The Hall–Kier alpha value is -7.95. The van der Waals surface area contributed by atoms with Gasteiger partial charge in [-0.1, -0.05) is 150 Å². The number of nitrogens with zero attached hydrogens (tertiary/aromatic N) is 4. The van der Waals surface area contributed by atoms with E-state index in [1.54, 1.807) is 0 Å². The van der Waals surface area contributed by atoms with Crippen molar-refractivity contribution >= 4 is 124 Å². The Morgan fingerprint density at radius 1 is 0.323 bits per heavy atom. The molecule has 0 N–H and O–H groups in total. The molecule has 282 valence electrons. The number of hydrogen-bond acceptors (Lipinski definition) is 4. The maximum atomic E-state index is 5.48. The van der Waals surface area contributed by atoms with Gasteiger partial charge in [0.05, 0.1) is 22.4 Å². The van der Waals surface area contributed by atoms with Crippen LogP contribution in [0.15, 0.2) is 194 Å². The second-order valence-corrected chi connectivity index (χ2v) is 17.1. The smallest absolute Gasteiger partial charge is 0.248 e. The third kappa shape index (κ3) is 4.09. The standard InChI is InChI=1S/C56H32B2N4/c1-3-15-33(16-4-1)61-47-29-27-37-35-19-9-13-25-45(35)59-55-39-21-7-11-23-41(39)57(53(47)51(37)55)43-31-44-50(32-49(43)61)62(34-17-5-2-6-18-34)48-30-28-38-36-20-10-14-26-46(36)60-56-40-22-8-12-24-42(40)58(44)54(48)52(38)56/h1-32H. The molecule has 6 heteroatoms. The van der Waals surface area contributed by atoms with Crippen LogP contribution in [0.1, 0.15) is 0 Å². The predicted molar refractivity (Wildman–Crippen MR) is 262 cm³/mol. The molecule has 0 saturated heterocycles. The van der Waals surface area contributed by atoms with Gasteiger partial charge in [0.1, 0.15) is 0 Å². The molecule has 4 nitrogen and oxygen atoms in total. The Balaban J connectivity index is 1.11. The molecule has 0 spiro atoms. The molecule has 0 radical (unpaired) electrons. The van der Waals surface area contributed by atoms with E-state index in [9.17, 15) is 0 Å². The summed E-state index contributed by atoms with van der Waals surface area (Å²) in [6, 6.07) is 71.8. The van der Waals surface area contributed by atoms with Crippen molar-refractivity contribution in [3.8, 4) is 22.5 Å². The zero-order chi connectivity index (χ0) is 40.2. The fourth-order valence-corrected chi connectivity index (χ4v) is 11.8. The lowest BCUT2D eigenvalue weighted by atomic mass is 9.29. The fourth-order valence-electron chi connectivity index (χ4n) is 11.8. The summed E-state index contributed by atoms with van der Waals surface area (Å²) in [4.78, 5) is 16.0. The maximum Gasteiger partial charge on any atom is 0.248 e. The number of aromatic nitrogens is 2. The lowest BCUT2D eigenvalue weighted by molar-refractivity contribution is 1.26. The average molecular weight is 783 g/mol. The van der Waals surface area contributed by atoms with Crippen molar-refractivity contribution in [1.29, 1.82) is 0 Å². The summed E-state index contributed by atoms with van der Waals surface area (Å²) in [6.45, 7) is -0.0283. The van der Waals surface area contributed by atoms with Gasteiger partial charge in [-0.05, 0) is 98.3 Å². The van der Waals surface area contributed by atoms with Crippen LogP contribution in [0.4, 0.5) is 34.1 Å². The van der Waals surface area contributed by atoms with E-state index in [1.807, 2.05) is 0 Å². The molecular weight excluding hydrogens is 750 g/mol. The molecule has 0 atom stereocenters. The van der Waals surface area contributed by atoms with Gasteiger partial charge in [-0.25, -0.2) is 9.97 Å². The molecule has 0 fully saturated rings. The van der Waals surface area contributed by atoms with Gasteiger partial charge in [-0.2, -0.15) is 0 Å². The van der Waals surface area contributed by atoms with Crippen LogP contribution >= 0.6 is 0 Å². The quantitative estimate of drug-likeness (QED) is 0.129. The van der Waals surface area contributed by atoms with Crippen LogP contribution < -0.4 is 42.6 Å². The molecular formula is C56H32B2N4. The molecule has 4 aliphatic heterocycles. The lowest BCUT2D eigenvalue weighted by Gasteiger charge is -2.44. The number of anilines is 6. The first-order valence-electron chi connectivity index (χ1n) is 21.6. The Labute approximate surface area is 358 Å². The van der Waals surface area contributed by atoms with Gasteiger partial charge in [-0.3, -0.25) is 0 Å². The third-order valence-electron chi connectivity index (χ3n) is 14.2. The summed E-state index contributed by atoms with van der Waals surface area (Å²) in [5.41, 5.74) is 21.6. The highest BCUT2D eigenvalue weighted by molar-refractivity contribution is 7.03. The second-order valence-electron chi connectivity index (χ2n) is 17.1. The van der Waals surface area contributed by atoms with Crippen molar-refractivity contribution in [2.45, 2.75) is 0 Å². The molecule has 0 saturated carbocycles. The summed E-state index contributed by atoms with van der Waals surface area (Å²) >= 11 is 0. The molecule has 0 amide bonds. The van der Waals surface area contributed by atoms with Gasteiger partial charge < -0.3 is 9.80 Å². The zero-order valence-electron chi connectivity index (χ0n) is 33.4. The summed E-state index contributed by atoms with van der Waals surface area (Å²) in [6.07, 6.45) is 0. The molecule has 15 rings (SSSR count). The van der Waals surface area contributed by atoms with Crippen LogP contribution in [0, 0.1) is 0 Å². The molecule has 4 aliphatic rings. The summed E-state index contributed by atoms with van der Waals surface area (Å²) < 4.78 is 0. The van der Waals surface area contributed by atoms with Gasteiger partial charge in [-0.15, -0.1) is 0 Å². The summed E-state index contributed by atoms with van der Waals surface area (Å²) in [7, 11) is 0. The maximum absolute atomic E-state index is 5.48. The molecule has 0 bridgehead atoms. The highest BCUT2D eigenvalue weighted by atomic mass is 15.2. The Kier molecular flexibility index (Phi) is 6.29. The molecule has 11 aromatic rings. The number of para-hydroxylation sites is 4.